The van der Waals surface area contributed by atoms with E-state index >= 15 is 0 Å². The summed E-state index contributed by atoms with van der Waals surface area (Å²) in [6.07, 6.45) is -2.28. The number of nitrogens with zero attached hydrogens (tertiary/aromatic N) is 1. The molecule has 0 unspecified atom stereocenters. The van der Waals surface area contributed by atoms with Crippen molar-refractivity contribution in [3.05, 3.63) is 59.3 Å². The minimum absolute atomic E-state index is 0.0800. The number of hydrogen-bond donors (Lipinski definition) is 1. The summed E-state index contributed by atoms with van der Waals surface area (Å²) >= 11 is 0. The summed E-state index contributed by atoms with van der Waals surface area (Å²) in [6, 6.07) is 4.94. The molecule has 0 saturated carbocycles. The molecule has 0 aliphatic heterocycles. The van der Waals surface area contributed by atoms with Gasteiger partial charge in [0, 0.05) is 30.2 Å². The van der Waals surface area contributed by atoms with Gasteiger partial charge in [-0.15, -0.1) is 0 Å². The third kappa shape index (κ3) is 4.45. The molecular formula is C22H23F5N2. The van der Waals surface area contributed by atoms with Gasteiger partial charge >= 0.3 is 6.18 Å². The maximum Gasteiger partial charge on any atom is 0.417 e. The highest BCUT2D eigenvalue weighted by atomic mass is 19.4. The van der Waals surface area contributed by atoms with Crippen molar-refractivity contribution < 1.29 is 22.0 Å². The first-order valence-electron chi connectivity index (χ1n) is 9.29. The minimum Gasteiger partial charge on any atom is -0.346 e. The van der Waals surface area contributed by atoms with Gasteiger partial charge in [-0.2, -0.15) is 13.2 Å². The summed E-state index contributed by atoms with van der Waals surface area (Å²) in [4.78, 5) is 0. The quantitative estimate of drug-likeness (QED) is 0.514. The van der Waals surface area contributed by atoms with Crippen LogP contribution < -0.4 is 5.73 Å². The third-order valence-electron chi connectivity index (χ3n) is 4.72. The van der Waals surface area contributed by atoms with Gasteiger partial charge in [-0.1, -0.05) is 26.8 Å². The average molecular weight is 410 g/mol. The largest absolute Gasteiger partial charge is 0.417 e. The topological polar surface area (TPSA) is 30.9 Å². The van der Waals surface area contributed by atoms with E-state index in [0.29, 0.717) is 36.5 Å². The first-order chi connectivity index (χ1) is 13.4. The number of benzene rings is 2. The van der Waals surface area contributed by atoms with E-state index in [1.54, 1.807) is 0 Å². The van der Waals surface area contributed by atoms with Crippen LogP contribution in [0.3, 0.4) is 0 Å². The lowest BCUT2D eigenvalue weighted by Crippen LogP contribution is -2.10. The Morgan fingerprint density at radius 3 is 2.24 bits per heavy atom. The van der Waals surface area contributed by atoms with Gasteiger partial charge in [-0.3, -0.25) is 0 Å². The van der Waals surface area contributed by atoms with Gasteiger partial charge in [0.15, 0.2) is 0 Å². The number of halogens is 5. The maximum atomic E-state index is 14.9. The SMILES string of the molecule is CC(C)(C)Cc1cn(CCN)c2cc(F)c(-c3ccc(F)cc3C(F)(F)F)cc12. The highest BCUT2D eigenvalue weighted by Crippen LogP contribution is 2.40. The molecule has 0 aliphatic carbocycles. The summed E-state index contributed by atoms with van der Waals surface area (Å²) in [7, 11) is 0. The molecule has 2 aromatic carbocycles. The highest BCUT2D eigenvalue weighted by molar-refractivity contribution is 5.89. The lowest BCUT2D eigenvalue weighted by Gasteiger charge is -2.18. The van der Waals surface area contributed by atoms with E-state index in [9.17, 15) is 22.0 Å². The number of aromatic nitrogens is 1. The molecule has 7 heteroatoms. The Morgan fingerprint density at radius 1 is 0.966 bits per heavy atom. The molecule has 2 nitrogen and oxygen atoms in total. The molecule has 0 spiro atoms. The molecule has 3 rings (SSSR count). The Kier molecular flexibility index (Phi) is 5.47. The predicted octanol–water partition coefficient (Wildman–Crippen LogP) is 6.15. The van der Waals surface area contributed by atoms with Crippen molar-refractivity contribution in [1.29, 1.82) is 0 Å². The van der Waals surface area contributed by atoms with E-state index < -0.39 is 23.4 Å². The van der Waals surface area contributed by atoms with Gasteiger partial charge in [0.1, 0.15) is 11.6 Å². The van der Waals surface area contributed by atoms with E-state index in [-0.39, 0.29) is 16.5 Å². The van der Waals surface area contributed by atoms with Crippen molar-refractivity contribution in [1.82, 2.24) is 4.57 Å². The molecule has 0 fully saturated rings. The first-order valence-corrected chi connectivity index (χ1v) is 9.29. The number of nitrogens with two attached hydrogens (primary N) is 1. The molecule has 0 saturated heterocycles. The second kappa shape index (κ2) is 7.44. The summed E-state index contributed by atoms with van der Waals surface area (Å²) in [6.45, 7) is 6.95. The highest BCUT2D eigenvalue weighted by Gasteiger charge is 2.35. The number of alkyl halides is 3. The van der Waals surface area contributed by atoms with Gasteiger partial charge in [-0.05, 0) is 47.2 Å². The summed E-state index contributed by atoms with van der Waals surface area (Å²) < 4.78 is 70.6. The fourth-order valence-electron chi connectivity index (χ4n) is 3.61. The predicted molar refractivity (Wildman–Crippen MR) is 105 cm³/mol. The van der Waals surface area contributed by atoms with Gasteiger partial charge in [0.05, 0.1) is 11.1 Å². The molecule has 1 heterocycles. The van der Waals surface area contributed by atoms with Crippen molar-refractivity contribution in [3.8, 4) is 11.1 Å². The van der Waals surface area contributed by atoms with E-state index in [4.69, 9.17) is 5.73 Å². The van der Waals surface area contributed by atoms with Crippen LogP contribution in [0.5, 0.6) is 0 Å². The Morgan fingerprint density at radius 2 is 1.66 bits per heavy atom. The number of fused-ring (bicyclic) bond motifs is 1. The van der Waals surface area contributed by atoms with E-state index in [1.165, 1.54) is 12.1 Å². The van der Waals surface area contributed by atoms with Crippen molar-refractivity contribution in [2.75, 3.05) is 6.54 Å². The van der Waals surface area contributed by atoms with E-state index in [2.05, 4.69) is 0 Å². The Bertz CT molecular complexity index is 1040. The van der Waals surface area contributed by atoms with Gasteiger partial charge in [0.2, 0.25) is 0 Å². The molecular weight excluding hydrogens is 387 g/mol. The van der Waals surface area contributed by atoms with Crippen LogP contribution >= 0.6 is 0 Å². The van der Waals surface area contributed by atoms with Crippen molar-refractivity contribution in [2.24, 2.45) is 11.1 Å². The van der Waals surface area contributed by atoms with Crippen LogP contribution in [0.4, 0.5) is 22.0 Å². The minimum atomic E-state index is -4.81. The summed E-state index contributed by atoms with van der Waals surface area (Å²) in [5.41, 5.74) is 5.26. The van der Waals surface area contributed by atoms with Crippen molar-refractivity contribution in [2.45, 2.75) is 39.9 Å². The van der Waals surface area contributed by atoms with E-state index in [0.717, 1.165) is 17.7 Å². The van der Waals surface area contributed by atoms with Crippen LogP contribution in [0.1, 0.15) is 31.9 Å². The van der Waals surface area contributed by atoms with Crippen LogP contribution in [0.25, 0.3) is 22.0 Å². The van der Waals surface area contributed by atoms with Crippen LogP contribution in [-0.2, 0) is 19.1 Å². The smallest absolute Gasteiger partial charge is 0.346 e. The average Bonchev–Trinajstić information content (AvgIpc) is 2.89. The Hall–Kier alpha value is -2.41. The monoisotopic (exact) mass is 410 g/mol. The van der Waals surface area contributed by atoms with Crippen molar-refractivity contribution in [3.63, 3.8) is 0 Å². The Balaban J connectivity index is 2.28. The first kappa shape index (κ1) is 21.3. The number of rotatable bonds is 4. The third-order valence-corrected chi connectivity index (χ3v) is 4.72. The molecule has 3 aromatic rings. The zero-order valence-electron chi connectivity index (χ0n) is 16.5. The molecule has 156 valence electrons. The molecule has 29 heavy (non-hydrogen) atoms. The molecule has 0 amide bonds. The number of hydrogen-bond acceptors (Lipinski definition) is 1. The molecule has 2 N–H and O–H groups in total. The zero-order chi connectivity index (χ0) is 21.6. The summed E-state index contributed by atoms with van der Waals surface area (Å²) in [5.74, 6) is -1.82. The molecule has 0 radical (unpaired) electrons. The standard InChI is InChI=1S/C22H23F5N2/c1-21(2,3)11-13-12-29(7-6-28)20-10-19(24)17(9-16(13)20)15-5-4-14(23)8-18(15)22(25,26)27/h4-5,8-10,12H,6-7,11,28H2,1-3H3. The Labute approximate surface area is 166 Å². The molecule has 0 bridgehead atoms. The lowest BCUT2D eigenvalue weighted by atomic mass is 9.87. The van der Waals surface area contributed by atoms with Crippen LogP contribution in [0.2, 0.25) is 0 Å². The van der Waals surface area contributed by atoms with Crippen LogP contribution in [0.15, 0.2) is 36.5 Å². The van der Waals surface area contributed by atoms with E-state index in [1.807, 2.05) is 31.5 Å². The fraction of sp³-hybridized carbons (Fsp3) is 0.364. The van der Waals surface area contributed by atoms with Crippen LogP contribution in [-0.4, -0.2) is 11.1 Å². The van der Waals surface area contributed by atoms with Crippen molar-refractivity contribution >= 4 is 10.9 Å². The molecule has 1 aromatic heterocycles. The lowest BCUT2D eigenvalue weighted by molar-refractivity contribution is -0.137. The van der Waals surface area contributed by atoms with Gasteiger partial charge in [-0.25, -0.2) is 8.78 Å². The van der Waals surface area contributed by atoms with Gasteiger partial charge in [0.25, 0.3) is 0 Å². The van der Waals surface area contributed by atoms with Gasteiger partial charge < -0.3 is 10.3 Å². The second-order valence-electron chi connectivity index (χ2n) is 8.41. The normalized spacial score (nSPS) is 12.7. The molecule has 0 aliphatic rings. The fourth-order valence-corrected chi connectivity index (χ4v) is 3.61. The zero-order valence-corrected chi connectivity index (χ0v) is 16.5. The second-order valence-corrected chi connectivity index (χ2v) is 8.41. The molecule has 0 atom stereocenters. The maximum absolute atomic E-state index is 14.9. The summed E-state index contributed by atoms with van der Waals surface area (Å²) in [5, 5.41) is 0.669. The van der Waals surface area contributed by atoms with Crippen LogP contribution in [0, 0.1) is 17.0 Å².